The summed E-state index contributed by atoms with van der Waals surface area (Å²) in [5.74, 6) is 0.101. The van der Waals surface area contributed by atoms with Crippen LogP contribution in [-0.4, -0.2) is 48.9 Å². The summed E-state index contributed by atoms with van der Waals surface area (Å²) in [5, 5.41) is 3.16. The lowest BCUT2D eigenvalue weighted by atomic mass is 10.1. The molecule has 0 aromatic rings. The number of likely N-dealkylation sites (tertiary alicyclic amines) is 1. The lowest BCUT2D eigenvalue weighted by Gasteiger charge is -2.30. The molecular formula is C9H17F3N2S. The monoisotopic (exact) mass is 242 g/mol. The molecular weight excluding hydrogens is 225 g/mol. The maximum absolute atomic E-state index is 11.8. The van der Waals surface area contributed by atoms with Gasteiger partial charge < -0.3 is 10.2 Å². The van der Waals surface area contributed by atoms with Gasteiger partial charge in [-0.25, -0.2) is 0 Å². The highest BCUT2D eigenvalue weighted by Gasteiger charge is 2.27. The Balaban J connectivity index is 2.04. The topological polar surface area (TPSA) is 15.3 Å². The third kappa shape index (κ3) is 6.27. The van der Waals surface area contributed by atoms with E-state index in [1.165, 1.54) is 0 Å². The van der Waals surface area contributed by atoms with Gasteiger partial charge in [-0.1, -0.05) is 0 Å². The zero-order valence-electron chi connectivity index (χ0n) is 8.81. The fraction of sp³-hybridized carbons (Fsp3) is 1.00. The van der Waals surface area contributed by atoms with Crippen molar-refractivity contribution in [3.05, 3.63) is 0 Å². The average molecular weight is 242 g/mol. The van der Waals surface area contributed by atoms with Gasteiger partial charge >= 0.3 is 5.51 Å². The number of alkyl halides is 3. The van der Waals surface area contributed by atoms with Crippen molar-refractivity contribution < 1.29 is 13.2 Å². The van der Waals surface area contributed by atoms with Crippen molar-refractivity contribution in [3.8, 4) is 0 Å². The maximum Gasteiger partial charge on any atom is 0.441 e. The van der Waals surface area contributed by atoms with E-state index in [0.717, 1.165) is 25.9 Å². The van der Waals surface area contributed by atoms with Gasteiger partial charge in [0.15, 0.2) is 0 Å². The van der Waals surface area contributed by atoms with Crippen molar-refractivity contribution in [2.45, 2.75) is 24.4 Å². The first-order valence-electron chi connectivity index (χ1n) is 5.10. The summed E-state index contributed by atoms with van der Waals surface area (Å²) in [6.45, 7) is 2.47. The minimum atomic E-state index is -4.09. The molecule has 1 atom stereocenters. The largest absolute Gasteiger partial charge is 0.441 e. The molecule has 6 heteroatoms. The zero-order valence-corrected chi connectivity index (χ0v) is 9.63. The third-order valence-corrected chi connectivity index (χ3v) is 3.16. The van der Waals surface area contributed by atoms with Crippen LogP contribution in [0.15, 0.2) is 0 Å². The number of likely N-dealkylation sites (N-methyl/N-ethyl adjacent to an activating group) is 1. The zero-order chi connectivity index (χ0) is 11.3. The van der Waals surface area contributed by atoms with E-state index in [9.17, 15) is 13.2 Å². The number of rotatable bonds is 4. The quantitative estimate of drug-likeness (QED) is 0.758. The van der Waals surface area contributed by atoms with Crippen LogP contribution < -0.4 is 5.32 Å². The van der Waals surface area contributed by atoms with Crippen molar-refractivity contribution >= 4 is 11.8 Å². The van der Waals surface area contributed by atoms with E-state index in [0.29, 0.717) is 12.6 Å². The first-order chi connectivity index (χ1) is 6.97. The Morgan fingerprint density at radius 2 is 2.20 bits per heavy atom. The molecule has 1 saturated heterocycles. The molecule has 90 valence electrons. The number of halogens is 3. The summed E-state index contributed by atoms with van der Waals surface area (Å²) in [7, 11) is 2.04. The van der Waals surface area contributed by atoms with E-state index in [4.69, 9.17) is 0 Å². The minimum Gasteiger partial charge on any atom is -0.312 e. The van der Waals surface area contributed by atoms with E-state index in [-0.39, 0.29) is 17.5 Å². The molecule has 0 aromatic carbocycles. The lowest BCUT2D eigenvalue weighted by Crippen LogP contribution is -2.44. The molecule has 1 heterocycles. The van der Waals surface area contributed by atoms with Gasteiger partial charge in [0.05, 0.1) is 0 Å². The third-order valence-electron chi connectivity index (χ3n) is 2.43. The van der Waals surface area contributed by atoms with Gasteiger partial charge in [0, 0.05) is 24.9 Å². The second-order valence-corrected chi connectivity index (χ2v) is 5.01. The van der Waals surface area contributed by atoms with Crippen LogP contribution in [0.25, 0.3) is 0 Å². The Hall–Kier alpha value is 0.0600. The van der Waals surface area contributed by atoms with Gasteiger partial charge in [-0.3, -0.25) is 0 Å². The molecule has 0 amide bonds. The van der Waals surface area contributed by atoms with E-state index in [1.807, 2.05) is 7.05 Å². The number of piperidine rings is 1. The van der Waals surface area contributed by atoms with Crippen LogP contribution in [0.1, 0.15) is 12.8 Å². The summed E-state index contributed by atoms with van der Waals surface area (Å²) in [6, 6.07) is 0.359. The van der Waals surface area contributed by atoms with Crippen molar-refractivity contribution in [2.24, 2.45) is 0 Å². The Bertz CT molecular complexity index is 187. The van der Waals surface area contributed by atoms with Crippen molar-refractivity contribution in [2.75, 3.05) is 32.4 Å². The molecule has 2 nitrogen and oxygen atoms in total. The van der Waals surface area contributed by atoms with E-state index >= 15 is 0 Å². The number of nitrogens with zero attached hydrogens (tertiary/aromatic N) is 1. The van der Waals surface area contributed by atoms with Crippen LogP contribution in [0.5, 0.6) is 0 Å². The summed E-state index contributed by atoms with van der Waals surface area (Å²) in [5.41, 5.74) is -4.09. The van der Waals surface area contributed by atoms with Gasteiger partial charge in [-0.05, 0) is 38.2 Å². The fourth-order valence-electron chi connectivity index (χ4n) is 1.76. The molecule has 1 unspecified atom stereocenters. The highest BCUT2D eigenvalue weighted by atomic mass is 32.2. The highest BCUT2D eigenvalue weighted by Crippen LogP contribution is 2.29. The van der Waals surface area contributed by atoms with Crippen molar-refractivity contribution in [1.29, 1.82) is 0 Å². The fourth-order valence-corrected chi connectivity index (χ4v) is 2.21. The standard InChI is InChI=1S/C9H17F3N2S/c1-14-5-2-3-8(7-14)13-4-6-15-9(10,11)12/h8,13H,2-7H2,1H3. The Morgan fingerprint density at radius 1 is 1.47 bits per heavy atom. The van der Waals surface area contributed by atoms with Gasteiger partial charge in [0.25, 0.3) is 0 Å². The SMILES string of the molecule is CN1CCCC(NCCSC(F)(F)F)C1. The molecule has 0 bridgehead atoms. The molecule has 15 heavy (non-hydrogen) atoms. The molecule has 0 aromatic heterocycles. The summed E-state index contributed by atoms with van der Waals surface area (Å²) >= 11 is 0.0468. The second-order valence-electron chi connectivity index (χ2n) is 3.85. The van der Waals surface area contributed by atoms with E-state index < -0.39 is 5.51 Å². The van der Waals surface area contributed by atoms with Crippen LogP contribution in [0.2, 0.25) is 0 Å². The maximum atomic E-state index is 11.8. The lowest BCUT2D eigenvalue weighted by molar-refractivity contribution is -0.0327. The van der Waals surface area contributed by atoms with Gasteiger partial charge in [-0.15, -0.1) is 0 Å². The number of nitrogens with one attached hydrogen (secondary N) is 1. The predicted octanol–water partition coefficient (Wildman–Crippen LogP) is 1.92. The first kappa shape index (κ1) is 13.1. The molecule has 1 rings (SSSR count). The minimum absolute atomic E-state index is 0.0468. The van der Waals surface area contributed by atoms with Gasteiger partial charge in [0.1, 0.15) is 0 Å². The van der Waals surface area contributed by atoms with Crippen LogP contribution in [-0.2, 0) is 0 Å². The Kier molecular flexibility index (Phi) is 5.22. The normalized spacial score (nSPS) is 24.4. The van der Waals surface area contributed by atoms with Crippen molar-refractivity contribution in [3.63, 3.8) is 0 Å². The van der Waals surface area contributed by atoms with Crippen molar-refractivity contribution in [1.82, 2.24) is 10.2 Å². The van der Waals surface area contributed by atoms with E-state index in [2.05, 4.69) is 10.2 Å². The molecule has 1 N–H and O–H groups in total. The van der Waals surface area contributed by atoms with Crippen LogP contribution in [0.3, 0.4) is 0 Å². The van der Waals surface area contributed by atoms with Crippen LogP contribution in [0, 0.1) is 0 Å². The van der Waals surface area contributed by atoms with Crippen LogP contribution >= 0.6 is 11.8 Å². The number of hydrogen-bond acceptors (Lipinski definition) is 3. The summed E-state index contributed by atoms with van der Waals surface area (Å²) in [6.07, 6.45) is 2.20. The summed E-state index contributed by atoms with van der Waals surface area (Å²) in [4.78, 5) is 2.21. The highest BCUT2D eigenvalue weighted by molar-refractivity contribution is 8.00. The Morgan fingerprint density at radius 3 is 2.80 bits per heavy atom. The molecule has 0 spiro atoms. The Labute approximate surface area is 92.6 Å². The van der Waals surface area contributed by atoms with Crippen LogP contribution in [0.4, 0.5) is 13.2 Å². The molecule has 1 aliphatic rings. The average Bonchev–Trinajstić information content (AvgIpc) is 2.11. The smallest absolute Gasteiger partial charge is 0.312 e. The number of hydrogen-bond donors (Lipinski definition) is 1. The molecule has 1 fully saturated rings. The molecule has 0 saturated carbocycles. The summed E-state index contributed by atoms with van der Waals surface area (Å²) < 4.78 is 35.4. The van der Waals surface area contributed by atoms with Gasteiger partial charge in [-0.2, -0.15) is 13.2 Å². The van der Waals surface area contributed by atoms with E-state index in [1.54, 1.807) is 0 Å². The number of thioether (sulfide) groups is 1. The molecule has 1 aliphatic heterocycles. The molecule has 0 radical (unpaired) electrons. The first-order valence-corrected chi connectivity index (χ1v) is 6.08. The second kappa shape index (κ2) is 5.96. The molecule has 0 aliphatic carbocycles. The van der Waals surface area contributed by atoms with Gasteiger partial charge in [0.2, 0.25) is 0 Å². The predicted molar refractivity (Wildman–Crippen MR) is 57.0 cm³/mol.